The Bertz CT molecular complexity index is 1080. The van der Waals surface area contributed by atoms with Gasteiger partial charge in [-0.3, -0.25) is 14.7 Å². The molecule has 3 aromatic rings. The summed E-state index contributed by atoms with van der Waals surface area (Å²) in [6.45, 7) is 2.66. The maximum atomic E-state index is 12.2. The summed E-state index contributed by atoms with van der Waals surface area (Å²) in [5, 5.41) is 11.2. The van der Waals surface area contributed by atoms with Crippen LogP contribution in [0.4, 0.5) is 5.69 Å². The second-order valence-electron chi connectivity index (χ2n) is 7.03. The number of primary amides is 1. The molecule has 1 fully saturated rings. The average Bonchev–Trinajstić information content (AvgIpc) is 2.75. The number of pyridine rings is 1. The monoisotopic (exact) mass is 405 g/mol. The minimum Gasteiger partial charge on any atom is -0.368 e. The summed E-state index contributed by atoms with van der Waals surface area (Å²) in [7, 11) is 0. The molecule has 0 aliphatic carbocycles. The first-order valence-electron chi connectivity index (χ1n) is 9.40. The van der Waals surface area contributed by atoms with E-state index in [9.17, 15) is 10.1 Å². The van der Waals surface area contributed by atoms with E-state index in [0.29, 0.717) is 36.8 Å². The topological polar surface area (TPSA) is 86.2 Å². The van der Waals surface area contributed by atoms with E-state index >= 15 is 0 Å². The van der Waals surface area contributed by atoms with E-state index in [0.717, 1.165) is 22.2 Å². The van der Waals surface area contributed by atoms with Gasteiger partial charge in [0.05, 0.1) is 16.8 Å². The Morgan fingerprint density at radius 2 is 1.79 bits per heavy atom. The first-order valence-corrected chi connectivity index (χ1v) is 9.78. The molecule has 1 amide bonds. The van der Waals surface area contributed by atoms with Crippen LogP contribution >= 0.6 is 11.6 Å². The van der Waals surface area contributed by atoms with Crippen molar-refractivity contribution in [1.82, 2.24) is 9.88 Å². The van der Waals surface area contributed by atoms with Crippen molar-refractivity contribution in [2.24, 2.45) is 5.73 Å². The molecule has 0 bridgehead atoms. The van der Waals surface area contributed by atoms with Crippen LogP contribution in [-0.4, -0.2) is 42.0 Å². The number of nitriles is 1. The number of para-hydroxylation sites is 1. The van der Waals surface area contributed by atoms with Crippen molar-refractivity contribution in [2.75, 3.05) is 31.1 Å². The molecule has 1 saturated heterocycles. The Morgan fingerprint density at radius 3 is 2.45 bits per heavy atom. The highest BCUT2D eigenvalue weighted by Gasteiger charge is 2.30. The predicted octanol–water partition coefficient (Wildman–Crippen LogP) is 3.11. The first-order chi connectivity index (χ1) is 14.1. The van der Waals surface area contributed by atoms with Gasteiger partial charge in [0.25, 0.3) is 0 Å². The van der Waals surface area contributed by atoms with E-state index in [1.807, 2.05) is 36.4 Å². The van der Waals surface area contributed by atoms with Crippen molar-refractivity contribution in [3.8, 4) is 6.07 Å². The molecule has 2 aromatic carbocycles. The molecule has 0 radical (unpaired) electrons. The predicted molar refractivity (Wildman–Crippen MR) is 114 cm³/mol. The zero-order chi connectivity index (χ0) is 20.4. The molecule has 0 spiro atoms. The molecule has 4 rings (SSSR count). The fraction of sp³-hybridized carbons (Fsp3) is 0.227. The molecule has 1 aliphatic rings. The lowest BCUT2D eigenvalue weighted by atomic mass is 10.0. The number of rotatable bonds is 4. The summed E-state index contributed by atoms with van der Waals surface area (Å²) in [5.41, 5.74) is 8.88. The third-order valence-electron chi connectivity index (χ3n) is 5.32. The lowest BCUT2D eigenvalue weighted by molar-refractivity contribution is -0.123. The van der Waals surface area contributed by atoms with E-state index in [2.05, 4.69) is 20.9 Å². The van der Waals surface area contributed by atoms with Gasteiger partial charge in [-0.1, -0.05) is 41.9 Å². The molecule has 1 atom stereocenters. The number of hydrogen-bond acceptors (Lipinski definition) is 5. The Balaban J connectivity index is 1.60. The number of anilines is 1. The Morgan fingerprint density at radius 1 is 1.10 bits per heavy atom. The largest absolute Gasteiger partial charge is 0.368 e. The highest BCUT2D eigenvalue weighted by molar-refractivity contribution is 6.30. The van der Waals surface area contributed by atoms with Crippen LogP contribution in [0.15, 0.2) is 54.7 Å². The molecule has 2 heterocycles. The van der Waals surface area contributed by atoms with Gasteiger partial charge >= 0.3 is 0 Å². The number of halogens is 1. The van der Waals surface area contributed by atoms with Gasteiger partial charge in [0, 0.05) is 42.8 Å². The third-order valence-corrected chi connectivity index (χ3v) is 5.57. The fourth-order valence-corrected chi connectivity index (χ4v) is 4.08. The van der Waals surface area contributed by atoms with Gasteiger partial charge in [-0.25, -0.2) is 0 Å². The Kier molecular flexibility index (Phi) is 5.34. The smallest absolute Gasteiger partial charge is 0.239 e. The van der Waals surface area contributed by atoms with E-state index < -0.39 is 6.04 Å². The second-order valence-corrected chi connectivity index (χ2v) is 7.47. The molecule has 0 saturated carbocycles. The number of hydrogen-bond donors (Lipinski definition) is 1. The van der Waals surface area contributed by atoms with Crippen molar-refractivity contribution < 1.29 is 4.79 Å². The fourth-order valence-electron chi connectivity index (χ4n) is 3.95. The maximum Gasteiger partial charge on any atom is 0.239 e. The van der Waals surface area contributed by atoms with Crippen LogP contribution in [-0.2, 0) is 4.79 Å². The van der Waals surface area contributed by atoms with Crippen LogP contribution in [0.3, 0.4) is 0 Å². The molecule has 1 aliphatic heterocycles. The number of nitrogens with two attached hydrogens (primary N) is 1. The molecule has 6 nitrogen and oxygen atoms in total. The first kappa shape index (κ1) is 19.2. The van der Waals surface area contributed by atoms with Crippen LogP contribution < -0.4 is 10.6 Å². The minimum atomic E-state index is -0.501. The van der Waals surface area contributed by atoms with Crippen molar-refractivity contribution in [3.05, 3.63) is 70.9 Å². The van der Waals surface area contributed by atoms with E-state index in [4.69, 9.17) is 17.3 Å². The van der Waals surface area contributed by atoms with Gasteiger partial charge in [0.1, 0.15) is 12.1 Å². The number of piperazine rings is 1. The summed E-state index contributed by atoms with van der Waals surface area (Å²) >= 11 is 5.98. The summed E-state index contributed by atoms with van der Waals surface area (Å²) in [5.74, 6) is -0.382. The van der Waals surface area contributed by atoms with Crippen LogP contribution in [0.1, 0.15) is 17.2 Å². The average molecular weight is 406 g/mol. The van der Waals surface area contributed by atoms with Crippen molar-refractivity contribution in [1.29, 1.82) is 5.26 Å². The lowest BCUT2D eigenvalue weighted by Crippen LogP contribution is -2.50. The SMILES string of the molecule is N#Cc1cnc2ccccc2c1N1CCN(C(C(N)=O)c2ccc(Cl)cc2)CC1. The summed E-state index contributed by atoms with van der Waals surface area (Å²) in [6, 6.07) is 16.8. The molecule has 2 N–H and O–H groups in total. The van der Waals surface area contributed by atoms with Gasteiger partial charge in [0.15, 0.2) is 0 Å². The molecule has 1 aromatic heterocycles. The number of nitrogens with zero attached hydrogens (tertiary/aromatic N) is 4. The normalized spacial score (nSPS) is 15.8. The number of carbonyl (C=O) groups is 1. The highest BCUT2D eigenvalue weighted by Crippen LogP contribution is 2.31. The Labute approximate surface area is 174 Å². The zero-order valence-corrected chi connectivity index (χ0v) is 16.5. The Hall–Kier alpha value is -3.14. The number of aromatic nitrogens is 1. The van der Waals surface area contributed by atoms with Crippen LogP contribution in [0.25, 0.3) is 10.9 Å². The summed E-state index contributed by atoms with van der Waals surface area (Å²) in [4.78, 5) is 20.9. The van der Waals surface area contributed by atoms with E-state index in [-0.39, 0.29) is 5.91 Å². The number of amides is 1. The lowest BCUT2D eigenvalue weighted by Gasteiger charge is -2.39. The van der Waals surface area contributed by atoms with E-state index in [1.165, 1.54) is 0 Å². The maximum absolute atomic E-state index is 12.2. The molecular formula is C22H20ClN5O. The molecular weight excluding hydrogens is 386 g/mol. The van der Waals surface area contributed by atoms with Gasteiger partial charge in [-0.2, -0.15) is 5.26 Å². The molecule has 7 heteroatoms. The highest BCUT2D eigenvalue weighted by atomic mass is 35.5. The van der Waals surface area contributed by atoms with Gasteiger partial charge in [-0.05, 0) is 23.8 Å². The van der Waals surface area contributed by atoms with Gasteiger partial charge in [0.2, 0.25) is 5.91 Å². The van der Waals surface area contributed by atoms with Crippen LogP contribution in [0.5, 0.6) is 0 Å². The van der Waals surface area contributed by atoms with Crippen molar-refractivity contribution in [2.45, 2.75) is 6.04 Å². The minimum absolute atomic E-state index is 0.382. The van der Waals surface area contributed by atoms with Gasteiger partial charge < -0.3 is 10.6 Å². The zero-order valence-electron chi connectivity index (χ0n) is 15.8. The standard InChI is InChI=1S/C22H20ClN5O/c23-17-7-5-15(6-8-17)21(22(25)29)28-11-9-27(10-12-28)20-16(13-24)14-26-19-4-2-1-3-18(19)20/h1-8,14,21H,9-12H2,(H2,25,29). The number of fused-ring (bicyclic) bond motifs is 1. The second kappa shape index (κ2) is 8.08. The molecule has 29 heavy (non-hydrogen) atoms. The van der Waals surface area contributed by atoms with Crippen LogP contribution in [0.2, 0.25) is 5.02 Å². The van der Waals surface area contributed by atoms with E-state index in [1.54, 1.807) is 18.3 Å². The summed E-state index contributed by atoms with van der Waals surface area (Å²) in [6.07, 6.45) is 1.63. The molecule has 146 valence electrons. The van der Waals surface area contributed by atoms with Gasteiger partial charge in [-0.15, -0.1) is 0 Å². The quantitative estimate of drug-likeness (QED) is 0.720. The number of carbonyl (C=O) groups excluding carboxylic acids is 1. The van der Waals surface area contributed by atoms with Crippen LogP contribution in [0, 0.1) is 11.3 Å². The number of benzene rings is 2. The van der Waals surface area contributed by atoms with Crippen molar-refractivity contribution >= 4 is 34.1 Å². The molecule has 1 unspecified atom stereocenters. The van der Waals surface area contributed by atoms with Crippen molar-refractivity contribution in [3.63, 3.8) is 0 Å². The third kappa shape index (κ3) is 3.75. The summed E-state index contributed by atoms with van der Waals surface area (Å²) < 4.78 is 0.